The Balaban J connectivity index is 1.90. The van der Waals surface area contributed by atoms with Crippen LogP contribution in [0.4, 0.5) is 0 Å². The highest BCUT2D eigenvalue weighted by Crippen LogP contribution is 2.39. The molecule has 0 radical (unpaired) electrons. The minimum absolute atomic E-state index is 0.0374. The Morgan fingerprint density at radius 2 is 2.00 bits per heavy atom. The molecule has 26 heavy (non-hydrogen) atoms. The van der Waals surface area contributed by atoms with Crippen LogP contribution < -0.4 is 15.8 Å². The number of rotatable bonds is 7. The number of ether oxygens (including phenoxy) is 1. The Bertz CT molecular complexity index is 786. The minimum Gasteiger partial charge on any atom is -0.495 e. The molecule has 1 atom stereocenters. The van der Waals surface area contributed by atoms with Crippen LogP contribution in [0, 0.1) is 5.92 Å². The van der Waals surface area contributed by atoms with Gasteiger partial charge >= 0.3 is 0 Å². The number of amides is 1. The molecule has 8 heteroatoms. The number of hydrogen-bond acceptors (Lipinski definition) is 5. The number of nitrogens with two attached hydrogens (primary N) is 1. The fourth-order valence-electron chi connectivity index (χ4n) is 3.46. The third kappa shape index (κ3) is 3.58. The number of nitrogens with one attached hydrogen (secondary N) is 1. The number of sulfonamides is 1. The molecule has 0 aromatic heterocycles. The Kier molecular flexibility index (Phi) is 5.28. The van der Waals surface area contributed by atoms with E-state index in [-0.39, 0.29) is 16.6 Å². The quantitative estimate of drug-likeness (QED) is 0.742. The first kappa shape index (κ1) is 19.1. The standard InChI is InChI=1S/C18H27N3O4S/c1-18(12-19,14-6-7-14)20-17(22)13-5-8-15(25-2)16(11-13)26(23,24)21-9-3-4-10-21/h5,8,11,14H,3-4,6-7,9-10,12,19H2,1-2H3,(H,20,22). The molecule has 0 spiro atoms. The molecule has 2 aliphatic rings. The SMILES string of the molecule is COc1ccc(C(=O)NC(C)(CN)C2CC2)cc1S(=O)(=O)N1CCCC1. The van der Waals surface area contributed by atoms with Crippen molar-refractivity contribution in [2.75, 3.05) is 26.7 Å². The maximum atomic E-state index is 12.9. The van der Waals surface area contributed by atoms with E-state index in [1.807, 2.05) is 6.92 Å². The first-order chi connectivity index (χ1) is 12.3. The summed E-state index contributed by atoms with van der Waals surface area (Å²) in [7, 11) is -2.26. The summed E-state index contributed by atoms with van der Waals surface area (Å²) in [4.78, 5) is 12.8. The normalized spacial score (nSPS) is 20.6. The molecule has 3 rings (SSSR count). The number of carbonyl (C=O) groups is 1. The molecule has 144 valence electrons. The molecule has 3 N–H and O–H groups in total. The van der Waals surface area contributed by atoms with Gasteiger partial charge < -0.3 is 15.8 Å². The van der Waals surface area contributed by atoms with E-state index >= 15 is 0 Å². The molecular weight excluding hydrogens is 354 g/mol. The molecule has 1 amide bonds. The molecule has 7 nitrogen and oxygen atoms in total. The Morgan fingerprint density at radius 1 is 1.35 bits per heavy atom. The molecule has 1 saturated carbocycles. The van der Waals surface area contributed by atoms with E-state index in [0.717, 1.165) is 25.7 Å². The molecule has 1 saturated heterocycles. The summed E-state index contributed by atoms with van der Waals surface area (Å²) in [5.41, 5.74) is 5.69. The van der Waals surface area contributed by atoms with Gasteiger partial charge in [0, 0.05) is 25.2 Å². The zero-order chi connectivity index (χ0) is 18.9. The largest absolute Gasteiger partial charge is 0.495 e. The number of hydrogen-bond donors (Lipinski definition) is 2. The molecule has 1 aliphatic heterocycles. The van der Waals surface area contributed by atoms with Crippen molar-refractivity contribution >= 4 is 15.9 Å². The van der Waals surface area contributed by atoms with Crippen molar-refractivity contribution in [2.24, 2.45) is 11.7 Å². The molecule has 1 unspecified atom stereocenters. The van der Waals surface area contributed by atoms with Gasteiger partial charge in [-0.15, -0.1) is 0 Å². The van der Waals surface area contributed by atoms with Gasteiger partial charge in [0.2, 0.25) is 10.0 Å². The van der Waals surface area contributed by atoms with Gasteiger partial charge in [-0.1, -0.05) is 0 Å². The Morgan fingerprint density at radius 3 is 2.54 bits per heavy atom. The van der Waals surface area contributed by atoms with Crippen molar-refractivity contribution in [3.63, 3.8) is 0 Å². The smallest absolute Gasteiger partial charge is 0.251 e. The van der Waals surface area contributed by atoms with Crippen molar-refractivity contribution < 1.29 is 17.9 Å². The summed E-state index contributed by atoms with van der Waals surface area (Å²) in [6, 6.07) is 4.53. The molecule has 1 aromatic carbocycles. The zero-order valence-corrected chi connectivity index (χ0v) is 16.1. The number of nitrogens with zero attached hydrogens (tertiary/aromatic N) is 1. The molecule has 1 aliphatic carbocycles. The number of benzene rings is 1. The van der Waals surface area contributed by atoms with Crippen molar-refractivity contribution in [1.29, 1.82) is 0 Å². The van der Waals surface area contributed by atoms with Crippen LogP contribution in [0.15, 0.2) is 23.1 Å². The molecule has 1 aromatic rings. The van der Waals surface area contributed by atoms with E-state index in [2.05, 4.69) is 5.32 Å². The summed E-state index contributed by atoms with van der Waals surface area (Å²) in [5.74, 6) is 0.310. The second-order valence-electron chi connectivity index (χ2n) is 7.33. The van der Waals surface area contributed by atoms with Crippen LogP contribution in [-0.4, -0.2) is 50.9 Å². The van der Waals surface area contributed by atoms with Gasteiger partial charge in [0.05, 0.1) is 12.6 Å². The Labute approximate surface area is 154 Å². The second kappa shape index (κ2) is 7.17. The number of carbonyl (C=O) groups excluding carboxylic acids is 1. The predicted molar refractivity (Wildman–Crippen MR) is 98.6 cm³/mol. The summed E-state index contributed by atoms with van der Waals surface area (Å²) in [6.07, 6.45) is 3.78. The molecule has 1 heterocycles. The van der Waals surface area contributed by atoms with Gasteiger partial charge in [-0.3, -0.25) is 4.79 Å². The fourth-order valence-corrected chi connectivity index (χ4v) is 5.16. The van der Waals surface area contributed by atoms with Gasteiger partial charge in [0.1, 0.15) is 10.6 Å². The molecule has 2 fully saturated rings. The summed E-state index contributed by atoms with van der Waals surface area (Å²) in [6.45, 7) is 3.27. The third-order valence-corrected chi connectivity index (χ3v) is 7.33. The summed E-state index contributed by atoms with van der Waals surface area (Å²) in [5, 5.41) is 2.99. The average Bonchev–Trinajstić information content (AvgIpc) is 3.35. The topological polar surface area (TPSA) is 102 Å². The highest BCUT2D eigenvalue weighted by Gasteiger charge is 2.42. The lowest BCUT2D eigenvalue weighted by Crippen LogP contribution is -2.53. The van der Waals surface area contributed by atoms with E-state index < -0.39 is 15.6 Å². The van der Waals surface area contributed by atoms with Crippen LogP contribution in [0.25, 0.3) is 0 Å². The van der Waals surface area contributed by atoms with Gasteiger partial charge in [0.25, 0.3) is 5.91 Å². The van der Waals surface area contributed by atoms with Crippen molar-refractivity contribution in [1.82, 2.24) is 9.62 Å². The van der Waals surface area contributed by atoms with E-state index in [4.69, 9.17) is 10.5 Å². The minimum atomic E-state index is -3.69. The molecular formula is C18H27N3O4S. The highest BCUT2D eigenvalue weighted by atomic mass is 32.2. The lowest BCUT2D eigenvalue weighted by molar-refractivity contribution is 0.0897. The van der Waals surface area contributed by atoms with Crippen LogP contribution in [0.3, 0.4) is 0 Å². The number of methoxy groups -OCH3 is 1. The van der Waals surface area contributed by atoms with E-state index in [0.29, 0.717) is 31.1 Å². The lowest BCUT2D eigenvalue weighted by atomic mass is 9.95. The van der Waals surface area contributed by atoms with Crippen molar-refractivity contribution in [3.8, 4) is 5.75 Å². The lowest BCUT2D eigenvalue weighted by Gasteiger charge is -2.29. The van der Waals surface area contributed by atoms with E-state index in [9.17, 15) is 13.2 Å². The van der Waals surface area contributed by atoms with Crippen LogP contribution in [0.1, 0.15) is 43.0 Å². The van der Waals surface area contributed by atoms with Crippen LogP contribution in [-0.2, 0) is 10.0 Å². The molecule has 0 bridgehead atoms. The van der Waals surface area contributed by atoms with E-state index in [1.54, 1.807) is 6.07 Å². The zero-order valence-electron chi connectivity index (χ0n) is 15.3. The first-order valence-corrected chi connectivity index (χ1v) is 10.5. The first-order valence-electron chi connectivity index (χ1n) is 9.02. The fraction of sp³-hybridized carbons (Fsp3) is 0.611. The third-order valence-electron chi connectivity index (χ3n) is 5.41. The summed E-state index contributed by atoms with van der Waals surface area (Å²) >= 11 is 0. The van der Waals surface area contributed by atoms with Crippen molar-refractivity contribution in [2.45, 2.75) is 43.0 Å². The van der Waals surface area contributed by atoms with Gasteiger partial charge in [0.15, 0.2) is 0 Å². The van der Waals surface area contributed by atoms with Crippen LogP contribution >= 0.6 is 0 Å². The van der Waals surface area contributed by atoms with Gasteiger partial charge in [-0.25, -0.2) is 8.42 Å². The maximum Gasteiger partial charge on any atom is 0.251 e. The van der Waals surface area contributed by atoms with E-state index in [1.165, 1.54) is 23.5 Å². The van der Waals surface area contributed by atoms with Gasteiger partial charge in [-0.2, -0.15) is 4.31 Å². The monoisotopic (exact) mass is 381 g/mol. The Hall–Kier alpha value is -1.64. The summed E-state index contributed by atoms with van der Waals surface area (Å²) < 4.78 is 32.6. The highest BCUT2D eigenvalue weighted by molar-refractivity contribution is 7.89. The van der Waals surface area contributed by atoms with Crippen LogP contribution in [0.5, 0.6) is 5.75 Å². The van der Waals surface area contributed by atoms with Gasteiger partial charge in [-0.05, 0) is 56.7 Å². The van der Waals surface area contributed by atoms with Crippen LogP contribution in [0.2, 0.25) is 0 Å². The van der Waals surface area contributed by atoms with Crippen molar-refractivity contribution in [3.05, 3.63) is 23.8 Å². The average molecular weight is 381 g/mol. The second-order valence-corrected chi connectivity index (χ2v) is 9.23. The predicted octanol–water partition coefficient (Wildman–Crippen LogP) is 1.34. The maximum absolute atomic E-state index is 12.9.